The number of carbonyl (C=O) groups is 2. The fraction of sp³-hybridized carbons (Fsp3) is 0.286. The van der Waals surface area contributed by atoms with Gasteiger partial charge < -0.3 is 10.6 Å². The Labute approximate surface area is 138 Å². The molecule has 0 aliphatic carbocycles. The highest BCUT2D eigenvalue weighted by Gasteiger charge is 2.18. The number of fused-ring (bicyclic) bond motifs is 2. The minimum absolute atomic E-state index is 0.0631. The molecule has 0 bridgehead atoms. The molecule has 2 N–H and O–H groups in total. The highest BCUT2D eigenvalue weighted by atomic mass is 79.9. The third-order valence-corrected chi connectivity index (χ3v) is 5.97. The summed E-state index contributed by atoms with van der Waals surface area (Å²) < 4.78 is 1.04. The summed E-state index contributed by atoms with van der Waals surface area (Å²) in [4.78, 5) is 24.6. The van der Waals surface area contributed by atoms with Crippen LogP contribution in [0.25, 0.3) is 0 Å². The molecular weight excluding hydrogens is 372 g/mol. The standard InChI is InChI=1S/C7H6BrNOS.C7H7NOS/c8-6-3-4-5(11-6)1-2-9-7(4)10;9-7-5-2-4-10-6(5)1-3-8-7/h3H,1-2H2,(H,9,10);2,4H,1,3H2,(H,8,9). The zero-order chi connectivity index (χ0) is 14.8. The Balaban J connectivity index is 0.000000126. The largest absolute Gasteiger partial charge is 0.352 e. The van der Waals surface area contributed by atoms with Gasteiger partial charge in [0, 0.05) is 22.8 Å². The molecule has 0 saturated heterocycles. The minimum Gasteiger partial charge on any atom is -0.352 e. The molecule has 0 atom stereocenters. The van der Waals surface area contributed by atoms with Crippen molar-refractivity contribution in [2.45, 2.75) is 12.8 Å². The third-order valence-electron chi connectivity index (χ3n) is 3.29. The lowest BCUT2D eigenvalue weighted by molar-refractivity contribution is 0.0938. The summed E-state index contributed by atoms with van der Waals surface area (Å²) in [5.41, 5.74) is 1.71. The number of thiophene rings is 2. The Bertz CT molecular complexity index is 693. The lowest BCUT2D eigenvalue weighted by atomic mass is 10.1. The number of halogens is 1. The number of hydrogen-bond acceptors (Lipinski definition) is 4. The van der Waals surface area contributed by atoms with Crippen LogP contribution in [0, 0.1) is 0 Å². The number of carbonyl (C=O) groups excluding carboxylic acids is 2. The van der Waals surface area contributed by atoms with Crippen molar-refractivity contribution in [1.29, 1.82) is 0 Å². The van der Waals surface area contributed by atoms with Crippen LogP contribution in [0.1, 0.15) is 30.5 Å². The molecule has 4 nitrogen and oxygen atoms in total. The van der Waals surface area contributed by atoms with Crippen LogP contribution in [0.5, 0.6) is 0 Å². The zero-order valence-corrected chi connectivity index (χ0v) is 14.3. The maximum atomic E-state index is 11.2. The second kappa shape index (κ2) is 6.29. The van der Waals surface area contributed by atoms with Crippen molar-refractivity contribution in [1.82, 2.24) is 10.6 Å². The molecule has 0 fully saturated rings. The van der Waals surface area contributed by atoms with Gasteiger partial charge in [0.15, 0.2) is 0 Å². The van der Waals surface area contributed by atoms with E-state index in [-0.39, 0.29) is 11.8 Å². The van der Waals surface area contributed by atoms with Crippen LogP contribution in [0.4, 0.5) is 0 Å². The summed E-state index contributed by atoms with van der Waals surface area (Å²) in [7, 11) is 0. The van der Waals surface area contributed by atoms with E-state index in [2.05, 4.69) is 26.6 Å². The van der Waals surface area contributed by atoms with Gasteiger partial charge in [-0.3, -0.25) is 9.59 Å². The Morgan fingerprint density at radius 2 is 1.67 bits per heavy atom. The summed E-state index contributed by atoms with van der Waals surface area (Å²) in [6.45, 7) is 1.57. The molecule has 110 valence electrons. The van der Waals surface area contributed by atoms with Crippen LogP contribution >= 0.6 is 38.6 Å². The van der Waals surface area contributed by atoms with Crippen LogP contribution in [0.15, 0.2) is 21.3 Å². The van der Waals surface area contributed by atoms with Crippen molar-refractivity contribution in [2.75, 3.05) is 13.1 Å². The second-order valence-electron chi connectivity index (χ2n) is 4.66. The first-order valence-corrected chi connectivity index (χ1v) is 9.05. The molecule has 2 aliphatic heterocycles. The van der Waals surface area contributed by atoms with Crippen LogP contribution < -0.4 is 10.6 Å². The van der Waals surface area contributed by atoms with Gasteiger partial charge in [-0.1, -0.05) is 0 Å². The average Bonchev–Trinajstić information content (AvgIpc) is 3.06. The molecular formula is C14H13BrN2O2S2. The van der Waals surface area contributed by atoms with E-state index in [0.29, 0.717) is 0 Å². The maximum Gasteiger partial charge on any atom is 0.252 e. The minimum atomic E-state index is 0.0631. The van der Waals surface area contributed by atoms with Gasteiger partial charge in [-0.15, -0.1) is 22.7 Å². The quantitative estimate of drug-likeness (QED) is 0.733. The highest BCUT2D eigenvalue weighted by molar-refractivity contribution is 9.11. The monoisotopic (exact) mass is 384 g/mol. The van der Waals surface area contributed by atoms with E-state index in [1.54, 1.807) is 22.7 Å². The summed E-state index contributed by atoms with van der Waals surface area (Å²) >= 11 is 6.68. The molecule has 4 rings (SSSR count). The van der Waals surface area contributed by atoms with E-state index in [9.17, 15) is 9.59 Å². The van der Waals surface area contributed by atoms with Crippen molar-refractivity contribution in [3.8, 4) is 0 Å². The normalized spacial score (nSPS) is 16.0. The highest BCUT2D eigenvalue weighted by Crippen LogP contribution is 2.28. The van der Waals surface area contributed by atoms with E-state index in [4.69, 9.17) is 0 Å². The molecule has 21 heavy (non-hydrogen) atoms. The topological polar surface area (TPSA) is 58.2 Å². The maximum absolute atomic E-state index is 11.2. The van der Waals surface area contributed by atoms with E-state index in [1.165, 1.54) is 9.75 Å². The van der Waals surface area contributed by atoms with Gasteiger partial charge in [0.05, 0.1) is 14.9 Å². The van der Waals surface area contributed by atoms with Gasteiger partial charge in [0.25, 0.3) is 11.8 Å². The molecule has 0 saturated carbocycles. The van der Waals surface area contributed by atoms with Gasteiger partial charge in [-0.2, -0.15) is 0 Å². The van der Waals surface area contributed by atoms with Gasteiger partial charge in [0.2, 0.25) is 0 Å². The third kappa shape index (κ3) is 3.20. The molecule has 2 aromatic heterocycles. The lowest BCUT2D eigenvalue weighted by Crippen LogP contribution is -2.30. The molecule has 0 aromatic carbocycles. The predicted molar refractivity (Wildman–Crippen MR) is 88.4 cm³/mol. The SMILES string of the molecule is O=C1NCCc2sc(Br)cc21.O=C1NCCc2sccc21. The Kier molecular flexibility index (Phi) is 4.42. The van der Waals surface area contributed by atoms with Gasteiger partial charge >= 0.3 is 0 Å². The fourth-order valence-electron chi connectivity index (χ4n) is 2.28. The van der Waals surface area contributed by atoms with Crippen LogP contribution in [0.3, 0.4) is 0 Å². The van der Waals surface area contributed by atoms with Crippen LogP contribution in [0.2, 0.25) is 0 Å². The molecule has 0 spiro atoms. The van der Waals surface area contributed by atoms with E-state index in [1.807, 2.05) is 17.5 Å². The molecule has 4 heterocycles. The average molecular weight is 385 g/mol. The van der Waals surface area contributed by atoms with E-state index < -0.39 is 0 Å². The summed E-state index contributed by atoms with van der Waals surface area (Å²) in [6.07, 6.45) is 1.97. The van der Waals surface area contributed by atoms with Gasteiger partial charge in [-0.25, -0.2) is 0 Å². The number of rotatable bonds is 0. The fourth-order valence-corrected chi connectivity index (χ4v) is 4.85. The molecule has 2 aliphatic rings. The zero-order valence-electron chi connectivity index (χ0n) is 11.1. The summed E-state index contributed by atoms with van der Waals surface area (Å²) in [5.74, 6) is 0.149. The molecule has 2 amide bonds. The Hall–Kier alpha value is -1.18. The first-order valence-electron chi connectivity index (χ1n) is 6.56. The molecule has 0 unspecified atom stereocenters. The Morgan fingerprint density at radius 3 is 2.33 bits per heavy atom. The first kappa shape index (κ1) is 14.7. The molecule has 0 radical (unpaired) electrons. The van der Waals surface area contributed by atoms with Crippen molar-refractivity contribution < 1.29 is 9.59 Å². The number of amides is 2. The van der Waals surface area contributed by atoms with E-state index in [0.717, 1.165) is 40.8 Å². The Morgan fingerprint density at radius 1 is 1.00 bits per heavy atom. The van der Waals surface area contributed by atoms with E-state index >= 15 is 0 Å². The van der Waals surface area contributed by atoms with Gasteiger partial charge in [0.1, 0.15) is 0 Å². The number of hydrogen-bond donors (Lipinski definition) is 2. The smallest absolute Gasteiger partial charge is 0.252 e. The predicted octanol–water partition coefficient (Wildman–Crippen LogP) is 2.83. The van der Waals surface area contributed by atoms with Crippen molar-refractivity contribution in [2.24, 2.45) is 0 Å². The van der Waals surface area contributed by atoms with Crippen molar-refractivity contribution in [3.05, 3.63) is 42.2 Å². The van der Waals surface area contributed by atoms with Gasteiger partial charge in [-0.05, 0) is 46.3 Å². The molecule has 2 aromatic rings. The second-order valence-corrected chi connectivity index (χ2v) is 8.17. The first-order chi connectivity index (χ1) is 10.1. The molecule has 7 heteroatoms. The summed E-state index contributed by atoms with van der Waals surface area (Å²) in [6, 6.07) is 3.77. The van der Waals surface area contributed by atoms with Crippen LogP contribution in [-0.4, -0.2) is 24.9 Å². The number of nitrogens with one attached hydrogen (secondary N) is 2. The van der Waals surface area contributed by atoms with Crippen molar-refractivity contribution in [3.63, 3.8) is 0 Å². The van der Waals surface area contributed by atoms with Crippen LogP contribution in [-0.2, 0) is 12.8 Å². The summed E-state index contributed by atoms with van der Waals surface area (Å²) in [5, 5.41) is 7.56. The lowest BCUT2D eigenvalue weighted by Gasteiger charge is -2.10. The van der Waals surface area contributed by atoms with Crippen molar-refractivity contribution >= 4 is 50.4 Å².